The van der Waals surface area contributed by atoms with Gasteiger partial charge in [-0.1, -0.05) is 18.2 Å². The summed E-state index contributed by atoms with van der Waals surface area (Å²) in [5.74, 6) is -0.804. The highest BCUT2D eigenvalue weighted by Crippen LogP contribution is 2.44. The first-order valence-corrected chi connectivity index (χ1v) is 8.27. The summed E-state index contributed by atoms with van der Waals surface area (Å²) < 4.78 is 0. The van der Waals surface area contributed by atoms with E-state index < -0.39 is 11.1 Å². The number of carbonyl (C=O) groups is 3. The van der Waals surface area contributed by atoms with Gasteiger partial charge in [0.25, 0.3) is 17.1 Å². The van der Waals surface area contributed by atoms with E-state index in [0.717, 1.165) is 16.7 Å². The van der Waals surface area contributed by atoms with Gasteiger partial charge in [-0.05, 0) is 42.1 Å². The van der Waals surface area contributed by atoms with Crippen LogP contribution >= 0.6 is 11.8 Å². The zero-order chi connectivity index (χ0) is 17.7. The molecule has 1 N–H and O–H groups in total. The summed E-state index contributed by atoms with van der Waals surface area (Å²) in [6.45, 7) is 0. The molecule has 0 unspecified atom stereocenters. The first kappa shape index (κ1) is 15.5. The van der Waals surface area contributed by atoms with Gasteiger partial charge in [-0.25, -0.2) is 4.90 Å². The van der Waals surface area contributed by atoms with E-state index in [1.54, 1.807) is 25.2 Å². The van der Waals surface area contributed by atoms with Crippen molar-refractivity contribution in [1.82, 2.24) is 0 Å². The molecule has 2 heterocycles. The number of imide groups is 1. The third-order valence-corrected chi connectivity index (χ3v) is 5.10. The minimum Gasteiger partial charge on any atom is -0.508 e. The predicted octanol–water partition coefficient (Wildman–Crippen LogP) is 2.98. The molecule has 0 spiro atoms. The van der Waals surface area contributed by atoms with Crippen LogP contribution in [0.25, 0.3) is 5.57 Å². The number of aromatic hydroxyl groups is 1. The van der Waals surface area contributed by atoms with Gasteiger partial charge >= 0.3 is 0 Å². The number of phenols is 1. The Morgan fingerprint density at radius 3 is 2.32 bits per heavy atom. The molecule has 6 nitrogen and oxygen atoms in total. The van der Waals surface area contributed by atoms with Crippen molar-refractivity contribution in [2.24, 2.45) is 0 Å². The fraction of sp³-hybridized carbons (Fsp3) is 0.0556. The Bertz CT molecular complexity index is 965. The fourth-order valence-corrected chi connectivity index (χ4v) is 3.86. The number of hydrogen-bond donors (Lipinski definition) is 1. The highest BCUT2D eigenvalue weighted by atomic mass is 32.2. The molecule has 2 aliphatic rings. The van der Waals surface area contributed by atoms with Gasteiger partial charge in [-0.3, -0.25) is 14.4 Å². The standard InChI is InChI=1S/C18H12N2O4S/c1-19-13-5-3-2-4-12(13)14(16(19)22)15-17(23)20(18(24)25-15)10-6-8-11(21)9-7-10/h2-9,21H,1H3/b15-14-. The topological polar surface area (TPSA) is 77.9 Å². The molecule has 0 aromatic heterocycles. The van der Waals surface area contributed by atoms with Crippen LogP contribution in [0.3, 0.4) is 0 Å². The van der Waals surface area contributed by atoms with Crippen molar-refractivity contribution < 1.29 is 19.5 Å². The third-order valence-electron chi connectivity index (χ3n) is 4.16. The second kappa shape index (κ2) is 5.49. The number of nitrogens with zero attached hydrogens (tertiary/aromatic N) is 2. The molecule has 1 fully saturated rings. The monoisotopic (exact) mass is 352 g/mol. The van der Waals surface area contributed by atoms with Gasteiger partial charge in [0.1, 0.15) is 5.75 Å². The summed E-state index contributed by atoms with van der Waals surface area (Å²) in [6.07, 6.45) is 0. The van der Waals surface area contributed by atoms with Crippen LogP contribution in [0.5, 0.6) is 5.75 Å². The quantitative estimate of drug-likeness (QED) is 0.799. The summed E-state index contributed by atoms with van der Waals surface area (Å²) in [5, 5.41) is 8.90. The molecule has 7 heteroatoms. The molecule has 3 amide bonds. The molecule has 1 saturated heterocycles. The highest BCUT2D eigenvalue weighted by molar-refractivity contribution is 8.19. The summed E-state index contributed by atoms with van der Waals surface area (Å²) in [5.41, 5.74) is 1.95. The molecule has 0 radical (unpaired) electrons. The number of amides is 3. The van der Waals surface area contributed by atoms with Crippen molar-refractivity contribution in [3.8, 4) is 5.75 Å². The normalized spacial score (nSPS) is 19.8. The van der Waals surface area contributed by atoms with Crippen molar-refractivity contribution >= 4 is 45.8 Å². The molecule has 124 valence electrons. The third kappa shape index (κ3) is 2.24. The molecule has 2 aromatic rings. The van der Waals surface area contributed by atoms with Crippen LogP contribution in [-0.4, -0.2) is 29.2 Å². The lowest BCUT2D eigenvalue weighted by Gasteiger charge is -2.12. The van der Waals surface area contributed by atoms with E-state index in [-0.39, 0.29) is 22.1 Å². The van der Waals surface area contributed by atoms with E-state index in [2.05, 4.69) is 0 Å². The van der Waals surface area contributed by atoms with Gasteiger partial charge in [0.15, 0.2) is 0 Å². The number of thioether (sulfide) groups is 1. The van der Waals surface area contributed by atoms with Crippen LogP contribution in [-0.2, 0) is 9.59 Å². The Hall–Kier alpha value is -3.06. The summed E-state index contributed by atoms with van der Waals surface area (Å²) >= 11 is 0.755. The van der Waals surface area contributed by atoms with E-state index >= 15 is 0 Å². The number of rotatable bonds is 1. The van der Waals surface area contributed by atoms with Gasteiger partial charge in [0, 0.05) is 12.6 Å². The molecule has 0 atom stereocenters. The van der Waals surface area contributed by atoms with Crippen LogP contribution in [0, 0.1) is 0 Å². The maximum atomic E-state index is 12.8. The van der Waals surface area contributed by atoms with Gasteiger partial charge in [0.05, 0.1) is 21.9 Å². The Balaban J connectivity index is 1.84. The van der Waals surface area contributed by atoms with Gasteiger partial charge in [-0.15, -0.1) is 0 Å². The van der Waals surface area contributed by atoms with E-state index in [1.165, 1.54) is 29.2 Å². The SMILES string of the molecule is CN1C(=O)/C(=C2\SC(=O)N(c3ccc(O)cc3)C2=O)c2ccccc21. The Kier molecular flexibility index (Phi) is 3.40. The Morgan fingerprint density at radius 2 is 1.60 bits per heavy atom. The van der Waals surface area contributed by atoms with E-state index in [0.29, 0.717) is 16.9 Å². The van der Waals surface area contributed by atoms with Crippen molar-refractivity contribution in [2.45, 2.75) is 0 Å². The lowest BCUT2D eigenvalue weighted by molar-refractivity contribution is -0.115. The number of carbonyl (C=O) groups excluding carboxylic acids is 3. The van der Waals surface area contributed by atoms with Crippen molar-refractivity contribution in [3.05, 3.63) is 59.0 Å². The summed E-state index contributed by atoms with van der Waals surface area (Å²) in [4.78, 5) is 40.5. The highest BCUT2D eigenvalue weighted by Gasteiger charge is 2.43. The number of benzene rings is 2. The number of hydrogen-bond acceptors (Lipinski definition) is 5. The molecule has 0 bridgehead atoms. The van der Waals surface area contributed by atoms with Crippen LogP contribution in [0.4, 0.5) is 16.2 Å². The predicted molar refractivity (Wildman–Crippen MR) is 95.4 cm³/mol. The number of para-hydroxylation sites is 1. The number of likely N-dealkylation sites (N-methyl/N-ethyl adjacent to an activating group) is 1. The Morgan fingerprint density at radius 1 is 0.920 bits per heavy atom. The zero-order valence-electron chi connectivity index (χ0n) is 13.1. The first-order chi connectivity index (χ1) is 12.0. The first-order valence-electron chi connectivity index (χ1n) is 7.46. The molecule has 25 heavy (non-hydrogen) atoms. The lowest BCUT2D eigenvalue weighted by Crippen LogP contribution is -2.28. The smallest absolute Gasteiger partial charge is 0.298 e. The Labute approximate surface area is 147 Å². The fourth-order valence-electron chi connectivity index (χ4n) is 2.93. The van der Waals surface area contributed by atoms with Gasteiger partial charge in [-0.2, -0.15) is 0 Å². The number of fused-ring (bicyclic) bond motifs is 1. The minimum atomic E-state index is -0.533. The zero-order valence-corrected chi connectivity index (χ0v) is 13.9. The van der Waals surface area contributed by atoms with Crippen LogP contribution in [0.15, 0.2) is 53.4 Å². The summed E-state index contributed by atoms with van der Waals surface area (Å²) in [7, 11) is 1.64. The molecular weight excluding hydrogens is 340 g/mol. The van der Waals surface area contributed by atoms with Crippen molar-refractivity contribution in [2.75, 3.05) is 16.8 Å². The molecule has 0 saturated carbocycles. The van der Waals surface area contributed by atoms with Gasteiger partial charge in [0.2, 0.25) is 0 Å². The largest absolute Gasteiger partial charge is 0.508 e. The molecular formula is C18H12N2O4S. The van der Waals surface area contributed by atoms with Crippen molar-refractivity contribution in [3.63, 3.8) is 0 Å². The molecule has 0 aliphatic carbocycles. The van der Waals surface area contributed by atoms with E-state index in [4.69, 9.17) is 0 Å². The minimum absolute atomic E-state index is 0.0376. The van der Waals surface area contributed by atoms with Crippen LogP contribution in [0.2, 0.25) is 0 Å². The average molecular weight is 352 g/mol. The maximum Gasteiger partial charge on any atom is 0.298 e. The van der Waals surface area contributed by atoms with E-state index in [1.807, 2.05) is 6.07 Å². The van der Waals surface area contributed by atoms with E-state index in [9.17, 15) is 19.5 Å². The number of phenolic OH excluding ortho intramolecular Hbond substituents is 1. The average Bonchev–Trinajstić information content (AvgIpc) is 3.03. The second-order valence-corrected chi connectivity index (χ2v) is 6.57. The maximum absolute atomic E-state index is 12.8. The van der Waals surface area contributed by atoms with Gasteiger partial charge < -0.3 is 10.0 Å². The van der Waals surface area contributed by atoms with Crippen molar-refractivity contribution in [1.29, 1.82) is 0 Å². The van der Waals surface area contributed by atoms with Crippen LogP contribution in [0.1, 0.15) is 5.56 Å². The molecule has 4 rings (SSSR count). The molecule has 2 aliphatic heterocycles. The molecule has 2 aromatic carbocycles. The van der Waals surface area contributed by atoms with Crippen LogP contribution < -0.4 is 9.80 Å². The second-order valence-electron chi connectivity index (χ2n) is 5.61. The summed E-state index contributed by atoms with van der Waals surface area (Å²) in [6, 6.07) is 12.9. The lowest BCUT2D eigenvalue weighted by atomic mass is 10.1. The number of anilines is 2.